The number of aromatic nitrogens is 3. The van der Waals surface area contributed by atoms with E-state index in [0.717, 1.165) is 32.1 Å². The predicted octanol–water partition coefficient (Wildman–Crippen LogP) is 1.71. The summed E-state index contributed by atoms with van der Waals surface area (Å²) in [6.07, 6.45) is 6.61. The van der Waals surface area contributed by atoms with E-state index in [0.29, 0.717) is 0 Å². The van der Waals surface area contributed by atoms with Gasteiger partial charge in [-0.2, -0.15) is 5.26 Å². The molecule has 6 nitrogen and oxygen atoms in total. The molecular weight excluding hydrogens is 232 g/mol. The highest BCUT2D eigenvalue weighted by Crippen LogP contribution is 2.31. The van der Waals surface area contributed by atoms with Gasteiger partial charge in [0, 0.05) is 0 Å². The third kappa shape index (κ3) is 2.50. The lowest BCUT2D eigenvalue weighted by molar-refractivity contribution is 0.0586. The summed E-state index contributed by atoms with van der Waals surface area (Å²) in [6.45, 7) is 0. The molecule has 18 heavy (non-hydrogen) atoms. The third-order valence-corrected chi connectivity index (χ3v) is 3.36. The lowest BCUT2D eigenvalue weighted by Gasteiger charge is -2.18. The number of methoxy groups -OCH3 is 1. The molecule has 1 aromatic heterocycles. The fraction of sp³-hybridized carbons (Fsp3) is 0.667. The SMILES string of the molecule is COC(=O)c1ncn(C2CCCCCC2C#N)n1. The van der Waals surface area contributed by atoms with E-state index in [4.69, 9.17) is 0 Å². The average molecular weight is 248 g/mol. The molecule has 1 fully saturated rings. The van der Waals surface area contributed by atoms with Crippen LogP contribution in [0.1, 0.15) is 48.8 Å². The highest BCUT2D eigenvalue weighted by atomic mass is 16.5. The van der Waals surface area contributed by atoms with Gasteiger partial charge in [0.2, 0.25) is 0 Å². The Morgan fingerprint density at radius 2 is 2.28 bits per heavy atom. The Balaban J connectivity index is 2.20. The average Bonchev–Trinajstić information content (AvgIpc) is 2.76. The Hall–Kier alpha value is -1.90. The highest BCUT2D eigenvalue weighted by molar-refractivity contribution is 5.84. The van der Waals surface area contributed by atoms with Crippen LogP contribution >= 0.6 is 0 Å². The van der Waals surface area contributed by atoms with Gasteiger partial charge in [0.1, 0.15) is 6.33 Å². The molecule has 0 amide bonds. The van der Waals surface area contributed by atoms with Crippen molar-refractivity contribution in [3.8, 4) is 6.07 Å². The van der Waals surface area contributed by atoms with Crippen molar-refractivity contribution in [3.05, 3.63) is 12.2 Å². The molecule has 0 aromatic carbocycles. The van der Waals surface area contributed by atoms with E-state index in [1.807, 2.05) is 0 Å². The van der Waals surface area contributed by atoms with E-state index in [2.05, 4.69) is 20.9 Å². The predicted molar refractivity (Wildman–Crippen MR) is 62.6 cm³/mol. The fourth-order valence-electron chi connectivity index (χ4n) is 2.37. The zero-order valence-electron chi connectivity index (χ0n) is 10.4. The Bertz CT molecular complexity index is 463. The van der Waals surface area contributed by atoms with Gasteiger partial charge in [0.25, 0.3) is 5.82 Å². The van der Waals surface area contributed by atoms with Crippen LogP contribution < -0.4 is 0 Å². The Morgan fingerprint density at radius 1 is 1.50 bits per heavy atom. The van der Waals surface area contributed by atoms with Crippen LogP contribution in [-0.4, -0.2) is 27.8 Å². The number of esters is 1. The first-order valence-corrected chi connectivity index (χ1v) is 6.15. The van der Waals surface area contributed by atoms with E-state index in [9.17, 15) is 10.1 Å². The van der Waals surface area contributed by atoms with E-state index in [1.165, 1.54) is 13.4 Å². The molecule has 0 bridgehead atoms. The smallest absolute Gasteiger partial charge is 0.377 e. The molecule has 0 N–H and O–H groups in total. The van der Waals surface area contributed by atoms with Gasteiger partial charge in [-0.15, -0.1) is 5.10 Å². The van der Waals surface area contributed by atoms with Gasteiger partial charge < -0.3 is 4.74 Å². The topological polar surface area (TPSA) is 80.8 Å². The molecular formula is C12H16N4O2. The van der Waals surface area contributed by atoms with E-state index >= 15 is 0 Å². The second-order valence-corrected chi connectivity index (χ2v) is 4.48. The second-order valence-electron chi connectivity index (χ2n) is 4.48. The van der Waals surface area contributed by atoms with Gasteiger partial charge in [-0.1, -0.05) is 19.3 Å². The normalized spacial score (nSPS) is 24.0. The molecule has 96 valence electrons. The van der Waals surface area contributed by atoms with Crippen LogP contribution in [0.5, 0.6) is 0 Å². The largest absolute Gasteiger partial charge is 0.463 e. The van der Waals surface area contributed by atoms with Crippen molar-refractivity contribution < 1.29 is 9.53 Å². The minimum atomic E-state index is -0.545. The van der Waals surface area contributed by atoms with E-state index in [1.54, 1.807) is 4.68 Å². The Kier molecular flexibility index (Phi) is 3.92. The molecule has 0 saturated heterocycles. The molecule has 0 spiro atoms. The van der Waals surface area contributed by atoms with Crippen molar-refractivity contribution >= 4 is 5.97 Å². The zero-order valence-corrected chi connectivity index (χ0v) is 10.4. The second kappa shape index (κ2) is 5.63. The molecule has 2 atom stereocenters. The summed E-state index contributed by atoms with van der Waals surface area (Å²) in [7, 11) is 1.30. The fourth-order valence-corrected chi connectivity index (χ4v) is 2.37. The number of hydrogen-bond acceptors (Lipinski definition) is 5. The van der Waals surface area contributed by atoms with E-state index in [-0.39, 0.29) is 17.8 Å². The number of nitrogens with zero attached hydrogens (tertiary/aromatic N) is 4. The molecule has 1 heterocycles. The maximum absolute atomic E-state index is 11.3. The number of carbonyl (C=O) groups excluding carboxylic acids is 1. The minimum Gasteiger partial charge on any atom is -0.463 e. The Labute approximate surface area is 106 Å². The molecule has 6 heteroatoms. The summed E-state index contributed by atoms with van der Waals surface area (Å²) in [5, 5.41) is 13.3. The summed E-state index contributed by atoms with van der Waals surface area (Å²) in [5.41, 5.74) is 0. The van der Waals surface area contributed by atoms with Gasteiger partial charge in [-0.25, -0.2) is 14.5 Å². The van der Waals surface area contributed by atoms with Crippen LogP contribution in [0, 0.1) is 17.2 Å². The summed E-state index contributed by atoms with van der Waals surface area (Å²) < 4.78 is 6.22. The third-order valence-electron chi connectivity index (χ3n) is 3.36. The van der Waals surface area contributed by atoms with Gasteiger partial charge in [0.05, 0.1) is 25.1 Å². The van der Waals surface area contributed by atoms with Crippen LogP contribution in [0.2, 0.25) is 0 Å². The van der Waals surface area contributed by atoms with Gasteiger partial charge >= 0.3 is 5.97 Å². The molecule has 1 aliphatic carbocycles. The highest BCUT2D eigenvalue weighted by Gasteiger charge is 2.26. The van der Waals surface area contributed by atoms with Crippen molar-refractivity contribution in [2.75, 3.05) is 7.11 Å². The van der Waals surface area contributed by atoms with Crippen molar-refractivity contribution in [1.82, 2.24) is 14.8 Å². The molecule has 0 aliphatic heterocycles. The van der Waals surface area contributed by atoms with Crippen LogP contribution in [0.25, 0.3) is 0 Å². The minimum absolute atomic E-state index is 0.0170. The van der Waals surface area contributed by atoms with Crippen LogP contribution in [0.15, 0.2) is 6.33 Å². The number of nitriles is 1. The van der Waals surface area contributed by atoms with Gasteiger partial charge in [0.15, 0.2) is 0 Å². The van der Waals surface area contributed by atoms with Crippen LogP contribution in [0.3, 0.4) is 0 Å². The number of carbonyl (C=O) groups is 1. The Morgan fingerprint density at radius 3 is 3.00 bits per heavy atom. The zero-order chi connectivity index (χ0) is 13.0. The first-order chi connectivity index (χ1) is 8.76. The number of rotatable bonds is 2. The number of hydrogen-bond donors (Lipinski definition) is 0. The van der Waals surface area contributed by atoms with Crippen LogP contribution in [0.4, 0.5) is 0 Å². The first-order valence-electron chi connectivity index (χ1n) is 6.15. The summed E-state index contributed by atoms with van der Waals surface area (Å²) in [6, 6.07) is 2.36. The lowest BCUT2D eigenvalue weighted by atomic mass is 9.97. The quantitative estimate of drug-likeness (QED) is 0.588. The lowest BCUT2D eigenvalue weighted by Crippen LogP contribution is -2.18. The molecule has 1 aromatic rings. The summed E-state index contributed by atoms with van der Waals surface area (Å²) >= 11 is 0. The first kappa shape index (κ1) is 12.6. The standard InChI is InChI=1S/C12H16N4O2/c1-18-12(17)11-14-8-16(15-11)10-6-4-2-3-5-9(10)7-13/h8-10H,2-6H2,1H3. The maximum atomic E-state index is 11.3. The van der Waals surface area contributed by atoms with Gasteiger partial charge in [-0.05, 0) is 12.8 Å². The van der Waals surface area contributed by atoms with Crippen molar-refractivity contribution in [3.63, 3.8) is 0 Å². The number of ether oxygens (including phenoxy) is 1. The van der Waals surface area contributed by atoms with Crippen molar-refractivity contribution in [1.29, 1.82) is 5.26 Å². The monoisotopic (exact) mass is 248 g/mol. The summed E-state index contributed by atoms with van der Waals surface area (Å²) in [4.78, 5) is 15.2. The van der Waals surface area contributed by atoms with Crippen molar-refractivity contribution in [2.24, 2.45) is 5.92 Å². The molecule has 2 unspecified atom stereocenters. The van der Waals surface area contributed by atoms with Crippen LogP contribution in [-0.2, 0) is 4.74 Å². The molecule has 2 rings (SSSR count). The maximum Gasteiger partial charge on any atom is 0.377 e. The van der Waals surface area contributed by atoms with Crippen molar-refractivity contribution in [2.45, 2.75) is 38.1 Å². The molecule has 1 aliphatic rings. The van der Waals surface area contributed by atoms with E-state index < -0.39 is 5.97 Å². The molecule has 1 saturated carbocycles. The summed E-state index contributed by atoms with van der Waals surface area (Å²) in [5.74, 6) is -0.547. The van der Waals surface area contributed by atoms with Gasteiger partial charge in [-0.3, -0.25) is 0 Å². The molecule has 0 radical (unpaired) electrons.